The molecule has 0 amide bonds. The van der Waals surface area contributed by atoms with Crippen molar-refractivity contribution in [1.82, 2.24) is 15.3 Å². The van der Waals surface area contributed by atoms with Crippen molar-refractivity contribution < 1.29 is 0 Å². The summed E-state index contributed by atoms with van der Waals surface area (Å²) in [6.07, 6.45) is 5.71. The molecule has 1 unspecified atom stereocenters. The van der Waals surface area contributed by atoms with Gasteiger partial charge in [0.25, 0.3) is 0 Å². The highest BCUT2D eigenvalue weighted by atomic mass is 35.5. The molecule has 1 atom stereocenters. The zero-order chi connectivity index (χ0) is 13.2. The summed E-state index contributed by atoms with van der Waals surface area (Å²) in [4.78, 5) is 10.9. The molecule has 18 heavy (non-hydrogen) atoms. The first-order valence-electron chi connectivity index (χ1n) is 6.45. The van der Waals surface area contributed by atoms with Gasteiger partial charge in [0.15, 0.2) is 0 Å². The third kappa shape index (κ3) is 3.56. The molecule has 2 rings (SSSR count). The minimum absolute atomic E-state index is 0.148. The predicted molar refractivity (Wildman–Crippen MR) is 75.2 cm³/mol. The first-order valence-corrected chi connectivity index (χ1v) is 6.83. The Morgan fingerprint density at radius 1 is 1.39 bits per heavy atom. The highest BCUT2D eigenvalue weighted by molar-refractivity contribution is 6.30. The lowest BCUT2D eigenvalue weighted by Crippen LogP contribution is -2.45. The van der Waals surface area contributed by atoms with E-state index in [2.05, 4.69) is 41.0 Å². The first kappa shape index (κ1) is 13.6. The SMILES string of the molecule is CC(C)(C)NCC1CCCN1c1ncc(Cl)cn1. The lowest BCUT2D eigenvalue weighted by Gasteiger charge is -2.29. The summed E-state index contributed by atoms with van der Waals surface area (Å²) in [6, 6.07) is 0.477. The fourth-order valence-corrected chi connectivity index (χ4v) is 2.29. The van der Waals surface area contributed by atoms with Crippen molar-refractivity contribution in [3.05, 3.63) is 17.4 Å². The van der Waals surface area contributed by atoms with Gasteiger partial charge >= 0.3 is 0 Å². The number of anilines is 1. The summed E-state index contributed by atoms with van der Waals surface area (Å²) in [5.41, 5.74) is 0.148. The van der Waals surface area contributed by atoms with Gasteiger partial charge in [-0.2, -0.15) is 0 Å². The Kier molecular flexibility index (Phi) is 4.07. The number of rotatable bonds is 3. The third-order valence-electron chi connectivity index (χ3n) is 3.11. The summed E-state index contributed by atoms with van der Waals surface area (Å²) in [6.45, 7) is 8.55. The van der Waals surface area contributed by atoms with Crippen LogP contribution >= 0.6 is 11.6 Å². The largest absolute Gasteiger partial charge is 0.337 e. The summed E-state index contributed by atoms with van der Waals surface area (Å²) in [5.74, 6) is 0.789. The Bertz CT molecular complexity index is 385. The van der Waals surface area contributed by atoms with Crippen LogP contribution in [-0.4, -0.2) is 34.6 Å². The summed E-state index contributed by atoms with van der Waals surface area (Å²) in [7, 11) is 0. The van der Waals surface area contributed by atoms with Crippen molar-refractivity contribution in [2.24, 2.45) is 0 Å². The molecule has 0 radical (unpaired) electrons. The minimum Gasteiger partial charge on any atom is -0.337 e. The monoisotopic (exact) mass is 268 g/mol. The molecule has 1 aromatic heterocycles. The second-order valence-corrected chi connectivity index (χ2v) is 6.26. The molecule has 0 aromatic carbocycles. The van der Waals surface area contributed by atoms with Crippen molar-refractivity contribution >= 4 is 17.5 Å². The average Bonchev–Trinajstić information content (AvgIpc) is 2.75. The van der Waals surface area contributed by atoms with E-state index >= 15 is 0 Å². The van der Waals surface area contributed by atoms with E-state index in [0.717, 1.165) is 19.0 Å². The van der Waals surface area contributed by atoms with E-state index in [4.69, 9.17) is 11.6 Å². The van der Waals surface area contributed by atoms with Gasteiger partial charge in [-0.25, -0.2) is 9.97 Å². The van der Waals surface area contributed by atoms with Crippen LogP contribution in [0.4, 0.5) is 5.95 Å². The molecule has 1 aliphatic heterocycles. The molecule has 5 heteroatoms. The second-order valence-electron chi connectivity index (χ2n) is 5.82. The molecular weight excluding hydrogens is 248 g/mol. The van der Waals surface area contributed by atoms with E-state index < -0.39 is 0 Å². The standard InChI is InChI=1S/C13H21ClN4/c1-13(2,3)17-9-11-5-4-6-18(11)12-15-7-10(14)8-16-12/h7-8,11,17H,4-6,9H2,1-3H3. The highest BCUT2D eigenvalue weighted by Gasteiger charge is 2.27. The van der Waals surface area contributed by atoms with Gasteiger partial charge in [-0.15, -0.1) is 0 Å². The van der Waals surface area contributed by atoms with E-state index in [1.165, 1.54) is 12.8 Å². The zero-order valence-electron chi connectivity index (χ0n) is 11.3. The molecule has 100 valence electrons. The maximum absolute atomic E-state index is 5.82. The highest BCUT2D eigenvalue weighted by Crippen LogP contribution is 2.22. The summed E-state index contributed by atoms with van der Waals surface area (Å²) in [5, 5.41) is 4.14. The van der Waals surface area contributed by atoms with E-state index in [-0.39, 0.29) is 5.54 Å². The Morgan fingerprint density at radius 2 is 2.06 bits per heavy atom. The van der Waals surface area contributed by atoms with Gasteiger partial charge in [0, 0.05) is 24.7 Å². The third-order valence-corrected chi connectivity index (χ3v) is 3.30. The van der Waals surface area contributed by atoms with Crippen LogP contribution in [0.2, 0.25) is 5.02 Å². The molecule has 1 aliphatic rings. The minimum atomic E-state index is 0.148. The number of aromatic nitrogens is 2. The van der Waals surface area contributed by atoms with Gasteiger partial charge in [0.1, 0.15) is 0 Å². The van der Waals surface area contributed by atoms with Crippen LogP contribution in [0.1, 0.15) is 33.6 Å². The zero-order valence-corrected chi connectivity index (χ0v) is 12.0. The van der Waals surface area contributed by atoms with E-state index in [1.54, 1.807) is 12.4 Å². The average molecular weight is 269 g/mol. The van der Waals surface area contributed by atoms with Crippen LogP contribution in [-0.2, 0) is 0 Å². The maximum Gasteiger partial charge on any atom is 0.225 e. The molecule has 0 spiro atoms. The Labute approximate surface area is 114 Å². The second kappa shape index (κ2) is 5.41. The van der Waals surface area contributed by atoms with Crippen molar-refractivity contribution in [3.63, 3.8) is 0 Å². The number of nitrogens with zero attached hydrogens (tertiary/aromatic N) is 3. The topological polar surface area (TPSA) is 41.0 Å². The fraction of sp³-hybridized carbons (Fsp3) is 0.692. The molecule has 4 nitrogen and oxygen atoms in total. The summed E-state index contributed by atoms with van der Waals surface area (Å²) < 4.78 is 0. The van der Waals surface area contributed by atoms with Gasteiger partial charge in [-0.05, 0) is 33.6 Å². The van der Waals surface area contributed by atoms with Gasteiger partial charge in [0.2, 0.25) is 5.95 Å². The van der Waals surface area contributed by atoms with Crippen LogP contribution in [0.25, 0.3) is 0 Å². The Hall–Kier alpha value is -0.870. The molecule has 0 bridgehead atoms. The van der Waals surface area contributed by atoms with E-state index in [1.807, 2.05) is 0 Å². The molecule has 0 saturated carbocycles. The van der Waals surface area contributed by atoms with Crippen LogP contribution in [0.3, 0.4) is 0 Å². The fourth-order valence-electron chi connectivity index (χ4n) is 2.19. The molecule has 0 aliphatic carbocycles. The smallest absolute Gasteiger partial charge is 0.225 e. The Balaban J connectivity index is 2.01. The van der Waals surface area contributed by atoms with Gasteiger partial charge < -0.3 is 10.2 Å². The van der Waals surface area contributed by atoms with Crippen LogP contribution < -0.4 is 10.2 Å². The van der Waals surface area contributed by atoms with Crippen molar-refractivity contribution in [2.45, 2.75) is 45.2 Å². The lowest BCUT2D eigenvalue weighted by atomic mass is 10.1. The predicted octanol–water partition coefficient (Wildman–Crippen LogP) is 2.49. The van der Waals surface area contributed by atoms with Crippen molar-refractivity contribution in [2.75, 3.05) is 18.0 Å². The van der Waals surface area contributed by atoms with Crippen LogP contribution in [0.5, 0.6) is 0 Å². The van der Waals surface area contributed by atoms with Gasteiger partial charge in [-0.3, -0.25) is 0 Å². The van der Waals surface area contributed by atoms with E-state index in [0.29, 0.717) is 11.1 Å². The van der Waals surface area contributed by atoms with E-state index in [9.17, 15) is 0 Å². The Morgan fingerprint density at radius 3 is 2.67 bits per heavy atom. The van der Waals surface area contributed by atoms with Crippen LogP contribution in [0, 0.1) is 0 Å². The molecule has 2 heterocycles. The van der Waals surface area contributed by atoms with Crippen molar-refractivity contribution in [1.29, 1.82) is 0 Å². The molecule has 1 saturated heterocycles. The first-order chi connectivity index (χ1) is 8.46. The number of nitrogens with one attached hydrogen (secondary N) is 1. The lowest BCUT2D eigenvalue weighted by molar-refractivity contribution is 0.404. The van der Waals surface area contributed by atoms with Gasteiger partial charge in [0.05, 0.1) is 17.4 Å². The number of hydrogen-bond donors (Lipinski definition) is 1. The molecule has 1 fully saturated rings. The summed E-state index contributed by atoms with van der Waals surface area (Å²) >= 11 is 5.82. The maximum atomic E-state index is 5.82. The quantitative estimate of drug-likeness (QED) is 0.915. The normalized spacial score (nSPS) is 20.4. The number of hydrogen-bond acceptors (Lipinski definition) is 4. The number of halogens is 1. The molecule has 1 N–H and O–H groups in total. The van der Waals surface area contributed by atoms with Crippen LogP contribution in [0.15, 0.2) is 12.4 Å². The molecular formula is C13H21ClN4. The van der Waals surface area contributed by atoms with Crippen molar-refractivity contribution in [3.8, 4) is 0 Å². The molecule has 1 aromatic rings. The van der Waals surface area contributed by atoms with Gasteiger partial charge in [-0.1, -0.05) is 11.6 Å².